The molecule has 0 aromatic heterocycles. The summed E-state index contributed by atoms with van der Waals surface area (Å²) in [6.45, 7) is 2.24. The molecule has 0 fully saturated rings. The van der Waals surface area contributed by atoms with Gasteiger partial charge in [-0.25, -0.2) is 0 Å². The minimum Gasteiger partial charge on any atom is -0.398 e. The van der Waals surface area contributed by atoms with E-state index in [1.807, 2.05) is 0 Å². The lowest BCUT2D eigenvalue weighted by molar-refractivity contribution is 0.621. The first-order chi connectivity index (χ1) is 15.3. The second-order valence-corrected chi connectivity index (χ2v) is 8.89. The predicted octanol–water partition coefficient (Wildman–Crippen LogP) is 7.76. The van der Waals surface area contributed by atoms with Crippen molar-refractivity contribution in [1.82, 2.24) is 0 Å². The van der Waals surface area contributed by atoms with Crippen LogP contribution in [0.5, 0.6) is 0 Å². The molecule has 0 saturated heterocycles. The number of nitrogen functional groups attached to an aromatic ring is 1. The van der Waals surface area contributed by atoms with Gasteiger partial charge in [-0.3, -0.25) is 0 Å². The highest BCUT2D eigenvalue weighted by atomic mass is 14.6. The van der Waals surface area contributed by atoms with E-state index in [1.165, 1.54) is 61.0 Å². The third-order valence-corrected chi connectivity index (χ3v) is 7.35. The zero-order chi connectivity index (χ0) is 20.9. The number of anilines is 1. The van der Waals surface area contributed by atoms with Crippen LogP contribution in [0.1, 0.15) is 47.9 Å². The first-order valence-corrected chi connectivity index (χ1v) is 11.5. The molecular weight excluding hydrogens is 374 g/mol. The van der Waals surface area contributed by atoms with Gasteiger partial charge in [0, 0.05) is 17.0 Å². The van der Waals surface area contributed by atoms with Crippen LogP contribution in [0.15, 0.2) is 78.9 Å². The molecule has 0 aliphatic heterocycles. The van der Waals surface area contributed by atoms with E-state index < -0.39 is 0 Å². The molecule has 2 N–H and O–H groups in total. The summed E-state index contributed by atoms with van der Waals surface area (Å²) in [4.78, 5) is 0. The Kier molecular flexibility index (Phi) is 4.24. The van der Waals surface area contributed by atoms with Gasteiger partial charge in [0.15, 0.2) is 0 Å². The van der Waals surface area contributed by atoms with Crippen LogP contribution in [0.25, 0.3) is 32.3 Å². The molecule has 31 heavy (non-hydrogen) atoms. The maximum atomic E-state index is 6.73. The first-order valence-electron chi connectivity index (χ1n) is 11.5. The summed E-state index contributed by atoms with van der Waals surface area (Å²) in [6.07, 6.45) is 4.58. The first kappa shape index (κ1) is 18.4. The molecule has 6 rings (SSSR count). The zero-order valence-electron chi connectivity index (χ0n) is 18.0. The molecule has 1 unspecified atom stereocenters. The molecular formula is C30H27N. The maximum Gasteiger partial charge on any atom is 0.0432 e. The Bertz CT molecular complexity index is 1460. The van der Waals surface area contributed by atoms with Gasteiger partial charge in [-0.05, 0) is 74.9 Å². The normalized spacial score (nSPS) is 16.1. The molecule has 0 bridgehead atoms. The van der Waals surface area contributed by atoms with E-state index in [0.717, 1.165) is 24.9 Å². The molecule has 1 aliphatic rings. The van der Waals surface area contributed by atoms with Crippen molar-refractivity contribution in [2.75, 3.05) is 5.73 Å². The summed E-state index contributed by atoms with van der Waals surface area (Å²) in [6, 6.07) is 29.1. The molecule has 1 nitrogen and oxygen atoms in total. The van der Waals surface area contributed by atoms with Crippen LogP contribution in [0.4, 0.5) is 5.69 Å². The highest BCUT2D eigenvalue weighted by molar-refractivity contribution is 6.10. The van der Waals surface area contributed by atoms with Crippen LogP contribution in [0, 0.1) is 0 Å². The number of hydrogen-bond donors (Lipinski definition) is 1. The van der Waals surface area contributed by atoms with Gasteiger partial charge in [0.2, 0.25) is 0 Å². The Morgan fingerprint density at radius 3 is 2.35 bits per heavy atom. The number of rotatable bonds is 2. The SMILES string of the molecule is CCc1cccc2c1ccc1c3c(ccc12)C(c1ccc2ccccc2c1N)CCC3. The summed E-state index contributed by atoms with van der Waals surface area (Å²) in [5.74, 6) is 0.371. The molecule has 0 heterocycles. The second-order valence-electron chi connectivity index (χ2n) is 8.89. The summed E-state index contributed by atoms with van der Waals surface area (Å²) < 4.78 is 0. The van der Waals surface area contributed by atoms with Crippen LogP contribution >= 0.6 is 0 Å². The fraction of sp³-hybridized carbons (Fsp3) is 0.200. The average Bonchev–Trinajstić information content (AvgIpc) is 2.83. The monoisotopic (exact) mass is 401 g/mol. The van der Waals surface area contributed by atoms with Crippen LogP contribution in [-0.2, 0) is 12.8 Å². The third-order valence-electron chi connectivity index (χ3n) is 7.35. The van der Waals surface area contributed by atoms with Gasteiger partial charge in [0.25, 0.3) is 0 Å². The minimum atomic E-state index is 0.371. The van der Waals surface area contributed by atoms with Crippen molar-refractivity contribution in [3.8, 4) is 0 Å². The molecule has 1 aliphatic carbocycles. The maximum absolute atomic E-state index is 6.73. The fourth-order valence-electron chi connectivity index (χ4n) is 5.81. The molecule has 1 heteroatoms. The average molecular weight is 402 g/mol. The van der Waals surface area contributed by atoms with Gasteiger partial charge in [0.1, 0.15) is 0 Å². The van der Waals surface area contributed by atoms with Gasteiger partial charge >= 0.3 is 0 Å². The van der Waals surface area contributed by atoms with Crippen molar-refractivity contribution >= 4 is 38.0 Å². The Hall–Kier alpha value is -3.32. The molecule has 5 aromatic carbocycles. The van der Waals surface area contributed by atoms with Gasteiger partial charge in [-0.2, -0.15) is 0 Å². The lowest BCUT2D eigenvalue weighted by Crippen LogP contribution is -2.13. The van der Waals surface area contributed by atoms with Crippen molar-refractivity contribution in [2.45, 2.75) is 38.5 Å². The predicted molar refractivity (Wildman–Crippen MR) is 134 cm³/mol. The Balaban J connectivity index is 1.57. The van der Waals surface area contributed by atoms with E-state index in [4.69, 9.17) is 5.73 Å². The van der Waals surface area contributed by atoms with Gasteiger partial charge in [-0.15, -0.1) is 0 Å². The molecule has 0 amide bonds. The smallest absolute Gasteiger partial charge is 0.0432 e. The second kappa shape index (κ2) is 7.13. The molecule has 1 atom stereocenters. The van der Waals surface area contributed by atoms with Gasteiger partial charge in [-0.1, -0.05) is 85.8 Å². The molecule has 0 radical (unpaired) electrons. The van der Waals surface area contributed by atoms with E-state index in [0.29, 0.717) is 5.92 Å². The number of nitrogens with two attached hydrogens (primary N) is 1. The summed E-state index contributed by atoms with van der Waals surface area (Å²) in [5, 5.41) is 7.97. The van der Waals surface area contributed by atoms with Crippen molar-refractivity contribution in [3.05, 3.63) is 101 Å². The van der Waals surface area contributed by atoms with Gasteiger partial charge < -0.3 is 5.73 Å². The number of aryl methyl sites for hydroxylation is 2. The summed E-state index contributed by atoms with van der Waals surface area (Å²) in [7, 11) is 0. The lowest BCUT2D eigenvalue weighted by atomic mass is 9.76. The largest absolute Gasteiger partial charge is 0.398 e. The standard InChI is InChI=1S/C30H27N/c1-2-19-8-5-10-23-21(19)15-16-28-24-11-6-12-25(27(24)18-17-26(23)28)29-14-13-20-7-3-4-9-22(20)30(29)31/h3-5,7-10,13-18,25H,2,6,11-12,31H2,1H3. The van der Waals surface area contributed by atoms with E-state index >= 15 is 0 Å². The van der Waals surface area contributed by atoms with Crippen molar-refractivity contribution < 1.29 is 0 Å². The van der Waals surface area contributed by atoms with Crippen LogP contribution in [-0.4, -0.2) is 0 Å². The van der Waals surface area contributed by atoms with E-state index in [1.54, 1.807) is 0 Å². The number of fused-ring (bicyclic) bond motifs is 6. The fourth-order valence-corrected chi connectivity index (χ4v) is 5.81. The molecule has 0 saturated carbocycles. The zero-order valence-corrected chi connectivity index (χ0v) is 18.0. The molecule has 0 spiro atoms. The van der Waals surface area contributed by atoms with Crippen molar-refractivity contribution in [2.24, 2.45) is 0 Å². The molecule has 152 valence electrons. The third kappa shape index (κ3) is 2.76. The molecule has 5 aromatic rings. The number of benzene rings is 5. The van der Waals surface area contributed by atoms with Crippen LogP contribution < -0.4 is 5.73 Å². The quantitative estimate of drug-likeness (QED) is 0.237. The van der Waals surface area contributed by atoms with Crippen molar-refractivity contribution in [3.63, 3.8) is 0 Å². The number of hydrogen-bond acceptors (Lipinski definition) is 1. The Morgan fingerprint density at radius 2 is 1.45 bits per heavy atom. The van der Waals surface area contributed by atoms with Crippen LogP contribution in [0.3, 0.4) is 0 Å². The lowest BCUT2D eigenvalue weighted by Gasteiger charge is -2.29. The highest BCUT2D eigenvalue weighted by Crippen LogP contribution is 2.44. The van der Waals surface area contributed by atoms with E-state index in [2.05, 4.69) is 85.8 Å². The highest BCUT2D eigenvalue weighted by Gasteiger charge is 2.25. The van der Waals surface area contributed by atoms with E-state index in [9.17, 15) is 0 Å². The van der Waals surface area contributed by atoms with Crippen molar-refractivity contribution in [1.29, 1.82) is 0 Å². The summed E-state index contributed by atoms with van der Waals surface area (Å²) >= 11 is 0. The Labute approximate surface area is 183 Å². The van der Waals surface area contributed by atoms with Gasteiger partial charge in [0.05, 0.1) is 0 Å². The topological polar surface area (TPSA) is 26.0 Å². The minimum absolute atomic E-state index is 0.371. The Morgan fingerprint density at radius 1 is 0.710 bits per heavy atom. The van der Waals surface area contributed by atoms with E-state index in [-0.39, 0.29) is 0 Å². The van der Waals surface area contributed by atoms with Crippen LogP contribution in [0.2, 0.25) is 0 Å². The summed E-state index contributed by atoms with van der Waals surface area (Å²) in [5.41, 5.74) is 13.4.